The summed E-state index contributed by atoms with van der Waals surface area (Å²) in [6, 6.07) is 6.87. The highest BCUT2D eigenvalue weighted by Gasteiger charge is 2.44. The van der Waals surface area contributed by atoms with Crippen LogP contribution in [0.25, 0.3) is 0 Å². The van der Waals surface area contributed by atoms with Gasteiger partial charge in [0.25, 0.3) is 5.56 Å². The molecule has 10 nitrogen and oxygen atoms in total. The van der Waals surface area contributed by atoms with Crippen molar-refractivity contribution in [2.24, 2.45) is 0 Å². The van der Waals surface area contributed by atoms with Crippen LogP contribution >= 0.6 is 58.0 Å². The Bertz CT molecular complexity index is 1450. The van der Waals surface area contributed by atoms with Crippen molar-refractivity contribution >= 4 is 58.0 Å². The van der Waals surface area contributed by atoms with Crippen LogP contribution in [0.3, 0.4) is 0 Å². The zero-order valence-electron chi connectivity index (χ0n) is 19.9. The number of nitrogens with zero attached hydrogens (tertiary/aromatic N) is 2. The summed E-state index contributed by atoms with van der Waals surface area (Å²) in [5.74, 6) is 0.362. The molecule has 1 aliphatic rings. The Morgan fingerprint density at radius 1 is 0.949 bits per heavy atom. The Hall–Kier alpha value is -1.83. The van der Waals surface area contributed by atoms with Gasteiger partial charge in [0.2, 0.25) is 0 Å². The van der Waals surface area contributed by atoms with Gasteiger partial charge in [-0.25, -0.2) is 9.36 Å². The molecule has 0 amide bonds. The topological polar surface area (TPSA) is 132 Å². The molecule has 3 N–H and O–H groups in total. The molecule has 0 bridgehead atoms. The van der Waals surface area contributed by atoms with Gasteiger partial charge in [-0.1, -0.05) is 58.0 Å². The van der Waals surface area contributed by atoms with Gasteiger partial charge in [-0.2, -0.15) is 0 Å². The van der Waals surface area contributed by atoms with Crippen molar-refractivity contribution in [3.63, 3.8) is 0 Å². The van der Waals surface area contributed by atoms with Gasteiger partial charge < -0.3 is 29.5 Å². The standard InChI is InChI=1S/C24H21Cl5N2O8/c1-37-11-6-14(28)19(15(29)7-11)22(18-12(26)4-10(25)5-13(18)27)38-9-31-17(33)2-3-30(24(31)36)23-21(35)20(34)16(8-32)39-23/h2-7,16,20-23,32,34-35H,8-9H2,1H3/t16-,20-,21-,22-,23-/m1/s1. The predicted octanol–water partition coefficient (Wildman–Crippen LogP) is 3.66. The lowest BCUT2D eigenvalue weighted by Gasteiger charge is -2.24. The average molecular weight is 643 g/mol. The van der Waals surface area contributed by atoms with Crippen molar-refractivity contribution in [2.45, 2.75) is 37.4 Å². The van der Waals surface area contributed by atoms with Crippen LogP contribution in [0, 0.1) is 0 Å². The fourth-order valence-corrected chi connectivity index (χ4v) is 5.83. The van der Waals surface area contributed by atoms with E-state index in [1.807, 2.05) is 0 Å². The highest BCUT2D eigenvalue weighted by molar-refractivity contribution is 6.40. The van der Waals surface area contributed by atoms with Crippen LogP contribution in [-0.2, 0) is 16.2 Å². The van der Waals surface area contributed by atoms with Gasteiger partial charge in [0.1, 0.15) is 36.9 Å². The summed E-state index contributed by atoms with van der Waals surface area (Å²) in [5.41, 5.74) is -1.25. The van der Waals surface area contributed by atoms with E-state index in [0.717, 1.165) is 16.8 Å². The SMILES string of the molecule is COc1cc(Cl)c([C@H](OCn2c(=O)ccn([C@@H]3O[C@H](CO)[C@@H](O)[C@H]3O)c2=O)c2c(Cl)cc(Cl)cc2Cl)c(Cl)c1. The number of aliphatic hydroxyl groups is 3. The van der Waals surface area contributed by atoms with Crippen molar-refractivity contribution in [3.05, 3.63) is 93.6 Å². The molecule has 210 valence electrons. The van der Waals surface area contributed by atoms with Crippen LogP contribution in [0.4, 0.5) is 0 Å². The minimum atomic E-state index is -1.55. The summed E-state index contributed by atoms with van der Waals surface area (Å²) in [4.78, 5) is 26.0. The van der Waals surface area contributed by atoms with E-state index >= 15 is 0 Å². The Balaban J connectivity index is 1.78. The molecule has 0 aliphatic carbocycles. The summed E-state index contributed by atoms with van der Waals surface area (Å²) >= 11 is 32.1. The first-order valence-corrected chi connectivity index (χ1v) is 13.1. The van der Waals surface area contributed by atoms with E-state index in [2.05, 4.69) is 0 Å². The molecular formula is C24H21Cl5N2O8. The van der Waals surface area contributed by atoms with Crippen molar-refractivity contribution < 1.29 is 29.5 Å². The second kappa shape index (κ2) is 12.4. The first kappa shape index (κ1) is 30.1. The summed E-state index contributed by atoms with van der Waals surface area (Å²) in [7, 11) is 1.43. The van der Waals surface area contributed by atoms with Crippen LogP contribution in [0.5, 0.6) is 5.75 Å². The number of ether oxygens (including phenoxy) is 3. The maximum atomic E-state index is 13.3. The molecule has 39 heavy (non-hydrogen) atoms. The van der Waals surface area contributed by atoms with Gasteiger partial charge in [0, 0.05) is 38.5 Å². The number of benzene rings is 2. The van der Waals surface area contributed by atoms with Gasteiger partial charge in [0.15, 0.2) is 6.23 Å². The van der Waals surface area contributed by atoms with Gasteiger partial charge in [0.05, 0.1) is 23.8 Å². The lowest BCUT2D eigenvalue weighted by molar-refractivity contribution is -0.0570. The molecule has 2 aromatic carbocycles. The fourth-order valence-electron chi connectivity index (χ4n) is 4.15. The Morgan fingerprint density at radius 2 is 1.51 bits per heavy atom. The van der Waals surface area contributed by atoms with Gasteiger partial charge in [-0.15, -0.1) is 0 Å². The molecule has 15 heteroatoms. The van der Waals surface area contributed by atoms with E-state index in [-0.39, 0.29) is 36.2 Å². The Kier molecular flexibility index (Phi) is 9.55. The van der Waals surface area contributed by atoms with E-state index in [9.17, 15) is 24.9 Å². The van der Waals surface area contributed by atoms with Gasteiger partial charge >= 0.3 is 5.69 Å². The molecule has 0 radical (unpaired) electrons. The minimum absolute atomic E-state index is 0.102. The molecule has 5 atom stereocenters. The highest BCUT2D eigenvalue weighted by atomic mass is 35.5. The molecule has 0 saturated carbocycles. The molecular weight excluding hydrogens is 622 g/mol. The summed E-state index contributed by atoms with van der Waals surface area (Å²) in [5, 5.41) is 30.5. The number of methoxy groups -OCH3 is 1. The van der Waals surface area contributed by atoms with Crippen molar-refractivity contribution in [2.75, 3.05) is 13.7 Å². The number of hydrogen-bond acceptors (Lipinski definition) is 8. The normalized spacial score (nSPS) is 21.8. The molecule has 0 unspecified atom stereocenters. The van der Waals surface area contributed by atoms with Gasteiger partial charge in [-0.05, 0) is 24.3 Å². The second-order valence-electron chi connectivity index (χ2n) is 8.46. The fraction of sp³-hybridized carbons (Fsp3) is 0.333. The molecule has 1 aromatic heterocycles. The third kappa shape index (κ3) is 5.96. The number of aliphatic hydroxyl groups excluding tert-OH is 3. The molecule has 2 heterocycles. The highest BCUT2D eigenvalue weighted by Crippen LogP contribution is 2.44. The lowest BCUT2D eigenvalue weighted by Crippen LogP contribution is -2.43. The smallest absolute Gasteiger partial charge is 0.335 e. The summed E-state index contributed by atoms with van der Waals surface area (Å²) < 4.78 is 18.3. The summed E-state index contributed by atoms with van der Waals surface area (Å²) in [6.07, 6.45) is -5.61. The number of rotatable bonds is 8. The van der Waals surface area contributed by atoms with Crippen LogP contribution < -0.4 is 16.0 Å². The molecule has 3 aromatic rings. The van der Waals surface area contributed by atoms with Crippen LogP contribution in [-0.4, -0.2) is 56.5 Å². The number of aromatic nitrogens is 2. The quantitative estimate of drug-likeness (QED) is 0.339. The monoisotopic (exact) mass is 640 g/mol. The van der Waals surface area contributed by atoms with Crippen LogP contribution in [0.1, 0.15) is 23.5 Å². The summed E-state index contributed by atoms with van der Waals surface area (Å²) in [6.45, 7) is -1.24. The maximum Gasteiger partial charge on any atom is 0.335 e. The largest absolute Gasteiger partial charge is 0.497 e. The van der Waals surface area contributed by atoms with Crippen molar-refractivity contribution in [1.82, 2.24) is 9.13 Å². The van der Waals surface area contributed by atoms with Crippen LogP contribution in [0.15, 0.2) is 46.1 Å². The second-order valence-corrected chi connectivity index (χ2v) is 10.5. The zero-order chi connectivity index (χ0) is 28.6. The van der Waals surface area contributed by atoms with E-state index in [1.54, 1.807) is 0 Å². The molecule has 4 rings (SSSR count). The Morgan fingerprint density at radius 3 is 2.03 bits per heavy atom. The number of halogens is 5. The van der Waals surface area contributed by atoms with Crippen molar-refractivity contribution in [3.8, 4) is 5.75 Å². The average Bonchev–Trinajstić information content (AvgIpc) is 3.15. The Labute approximate surface area is 246 Å². The predicted molar refractivity (Wildman–Crippen MR) is 145 cm³/mol. The first-order valence-electron chi connectivity index (χ1n) is 11.2. The third-order valence-electron chi connectivity index (χ3n) is 6.11. The lowest BCUT2D eigenvalue weighted by atomic mass is 10.0. The van der Waals surface area contributed by atoms with E-state index in [4.69, 9.17) is 72.2 Å². The molecule has 1 fully saturated rings. The van der Waals surface area contributed by atoms with Gasteiger partial charge in [-0.3, -0.25) is 9.36 Å². The zero-order valence-corrected chi connectivity index (χ0v) is 23.7. The minimum Gasteiger partial charge on any atom is -0.497 e. The third-order valence-corrected chi connectivity index (χ3v) is 7.58. The van der Waals surface area contributed by atoms with E-state index in [1.165, 1.54) is 31.4 Å². The van der Waals surface area contributed by atoms with Crippen molar-refractivity contribution in [1.29, 1.82) is 0 Å². The molecule has 0 spiro atoms. The van der Waals surface area contributed by atoms with E-state index < -0.39 is 55.2 Å². The maximum absolute atomic E-state index is 13.3. The van der Waals surface area contributed by atoms with Crippen LogP contribution in [0.2, 0.25) is 25.1 Å². The number of hydrogen-bond donors (Lipinski definition) is 3. The van der Waals surface area contributed by atoms with E-state index in [0.29, 0.717) is 10.3 Å². The molecule has 1 aliphatic heterocycles. The molecule has 1 saturated heterocycles. The first-order chi connectivity index (χ1) is 18.5.